The van der Waals surface area contributed by atoms with Gasteiger partial charge in [-0.2, -0.15) is 27.1 Å². The van der Waals surface area contributed by atoms with Crippen molar-refractivity contribution in [2.45, 2.75) is 44.3 Å². The van der Waals surface area contributed by atoms with Crippen molar-refractivity contribution in [2.75, 3.05) is 0 Å². The highest BCUT2D eigenvalue weighted by Gasteiger charge is 2.54. The van der Waals surface area contributed by atoms with E-state index in [1.807, 2.05) is 5.92 Å². The number of alkyl halides is 5. The van der Waals surface area contributed by atoms with Gasteiger partial charge in [0.15, 0.2) is 5.69 Å². The molecule has 1 aliphatic rings. The van der Waals surface area contributed by atoms with E-state index in [-0.39, 0.29) is 0 Å². The summed E-state index contributed by atoms with van der Waals surface area (Å²) < 4.78 is 67.2. The summed E-state index contributed by atoms with van der Waals surface area (Å²) in [5.41, 5.74) is -2.54. The van der Waals surface area contributed by atoms with Gasteiger partial charge in [0.05, 0.1) is 5.92 Å². The Labute approximate surface area is 106 Å². The second-order valence-electron chi connectivity index (χ2n) is 4.77. The quantitative estimate of drug-likeness (QED) is 0.566. The number of fused-ring (bicyclic) bond motifs is 1. The zero-order valence-corrected chi connectivity index (χ0v) is 10.2. The van der Waals surface area contributed by atoms with E-state index in [0.29, 0.717) is 0 Å². The van der Waals surface area contributed by atoms with Crippen LogP contribution in [-0.2, 0) is 12.1 Å². The molecule has 0 aromatic carbocycles. The van der Waals surface area contributed by atoms with Gasteiger partial charge in [-0.25, -0.2) is 0 Å². The Kier molecular flexibility index (Phi) is 2.88. The van der Waals surface area contributed by atoms with E-state index in [0.717, 1.165) is 4.68 Å². The van der Waals surface area contributed by atoms with Gasteiger partial charge >= 0.3 is 6.18 Å². The Morgan fingerprint density at radius 3 is 2.42 bits per heavy atom. The number of aromatic nitrogens is 2. The second kappa shape index (κ2) is 3.95. The molecule has 1 aromatic rings. The molecule has 1 aromatic heterocycles. The molecule has 0 saturated carbocycles. The summed E-state index contributed by atoms with van der Waals surface area (Å²) in [5, 5.41) is 3.31. The zero-order valence-electron chi connectivity index (χ0n) is 10.2. The topological polar surface area (TPSA) is 17.8 Å². The maximum atomic E-state index is 13.9. The van der Waals surface area contributed by atoms with Crippen molar-refractivity contribution in [1.29, 1.82) is 0 Å². The SMILES string of the molecule is C#C[C@H]1CC(F)(F)c2c1c(C(F)(F)F)nn2C(C)C. The summed E-state index contributed by atoms with van der Waals surface area (Å²) in [4.78, 5) is 0. The van der Waals surface area contributed by atoms with E-state index in [2.05, 4.69) is 5.10 Å². The summed E-state index contributed by atoms with van der Waals surface area (Å²) in [7, 11) is 0. The molecule has 2 nitrogen and oxygen atoms in total. The molecule has 0 unspecified atom stereocenters. The van der Waals surface area contributed by atoms with E-state index >= 15 is 0 Å². The number of hydrogen-bond donors (Lipinski definition) is 0. The summed E-state index contributed by atoms with van der Waals surface area (Å²) >= 11 is 0. The first-order chi connectivity index (χ1) is 8.59. The molecule has 19 heavy (non-hydrogen) atoms. The first-order valence-corrected chi connectivity index (χ1v) is 5.63. The van der Waals surface area contributed by atoms with Crippen LogP contribution in [0.15, 0.2) is 0 Å². The van der Waals surface area contributed by atoms with Crippen molar-refractivity contribution in [1.82, 2.24) is 9.78 Å². The fourth-order valence-electron chi connectivity index (χ4n) is 2.32. The van der Waals surface area contributed by atoms with Crippen LogP contribution in [0.2, 0.25) is 0 Å². The van der Waals surface area contributed by atoms with Gasteiger partial charge in [0.25, 0.3) is 5.92 Å². The van der Waals surface area contributed by atoms with E-state index in [1.165, 1.54) is 13.8 Å². The molecule has 0 bridgehead atoms. The molecule has 0 N–H and O–H groups in total. The van der Waals surface area contributed by atoms with Gasteiger partial charge in [-0.05, 0) is 13.8 Å². The highest BCUT2D eigenvalue weighted by molar-refractivity contribution is 5.44. The van der Waals surface area contributed by atoms with Crippen LogP contribution in [0.3, 0.4) is 0 Å². The van der Waals surface area contributed by atoms with Crippen LogP contribution >= 0.6 is 0 Å². The van der Waals surface area contributed by atoms with Crippen molar-refractivity contribution in [3.63, 3.8) is 0 Å². The largest absolute Gasteiger partial charge is 0.435 e. The first kappa shape index (κ1) is 13.8. The molecule has 0 spiro atoms. The number of rotatable bonds is 1. The molecule has 1 atom stereocenters. The fourth-order valence-corrected chi connectivity index (χ4v) is 2.32. The molecule has 1 aliphatic carbocycles. The molecule has 0 aliphatic heterocycles. The molecule has 2 rings (SSSR count). The van der Waals surface area contributed by atoms with E-state index in [1.54, 1.807) is 0 Å². The minimum Gasteiger partial charge on any atom is -0.260 e. The molecular weight excluding hydrogens is 267 g/mol. The normalized spacial score (nSPS) is 21.5. The number of nitrogens with zero attached hydrogens (tertiary/aromatic N) is 2. The average molecular weight is 278 g/mol. The van der Waals surface area contributed by atoms with Gasteiger partial charge in [0, 0.05) is 18.0 Å². The Hall–Kier alpha value is -1.58. The molecule has 0 amide bonds. The first-order valence-electron chi connectivity index (χ1n) is 5.63. The van der Waals surface area contributed by atoms with Gasteiger partial charge in [-0.15, -0.1) is 6.42 Å². The lowest BCUT2D eigenvalue weighted by atomic mass is 10.0. The van der Waals surface area contributed by atoms with Crippen molar-refractivity contribution >= 4 is 0 Å². The van der Waals surface area contributed by atoms with Crippen LogP contribution in [0.1, 0.15) is 49.2 Å². The number of halogens is 5. The lowest BCUT2D eigenvalue weighted by molar-refractivity contribution is -0.142. The average Bonchev–Trinajstić information content (AvgIpc) is 2.75. The lowest BCUT2D eigenvalue weighted by Gasteiger charge is -2.15. The van der Waals surface area contributed by atoms with Crippen LogP contribution in [0.4, 0.5) is 22.0 Å². The van der Waals surface area contributed by atoms with Gasteiger partial charge in [0.2, 0.25) is 0 Å². The Morgan fingerprint density at radius 2 is 2.00 bits per heavy atom. The minimum atomic E-state index is -4.79. The highest BCUT2D eigenvalue weighted by atomic mass is 19.4. The Morgan fingerprint density at radius 1 is 1.42 bits per heavy atom. The van der Waals surface area contributed by atoms with Crippen molar-refractivity contribution < 1.29 is 22.0 Å². The molecule has 104 valence electrons. The van der Waals surface area contributed by atoms with Crippen LogP contribution in [-0.4, -0.2) is 9.78 Å². The minimum absolute atomic E-state index is 0.547. The smallest absolute Gasteiger partial charge is 0.260 e. The molecule has 0 saturated heterocycles. The van der Waals surface area contributed by atoms with Crippen molar-refractivity contribution in [2.24, 2.45) is 0 Å². The number of terminal acetylenes is 1. The summed E-state index contributed by atoms with van der Waals surface area (Å²) in [6.45, 7) is 2.99. The van der Waals surface area contributed by atoms with Crippen LogP contribution in [0, 0.1) is 12.3 Å². The molecule has 7 heteroatoms. The Bertz CT molecular complexity index is 548. The van der Waals surface area contributed by atoms with Crippen molar-refractivity contribution in [3.05, 3.63) is 17.0 Å². The van der Waals surface area contributed by atoms with Crippen molar-refractivity contribution in [3.8, 4) is 12.3 Å². The third-order valence-electron chi connectivity index (χ3n) is 3.06. The highest BCUT2D eigenvalue weighted by Crippen LogP contribution is 2.52. The maximum Gasteiger partial charge on any atom is 0.435 e. The summed E-state index contributed by atoms with van der Waals surface area (Å²) in [5.74, 6) is -2.63. The molecule has 1 heterocycles. The monoisotopic (exact) mass is 278 g/mol. The zero-order chi connectivity index (χ0) is 14.6. The maximum absolute atomic E-state index is 13.9. The number of hydrogen-bond acceptors (Lipinski definition) is 1. The predicted octanol–water partition coefficient (Wildman–Crippen LogP) is 3.70. The van der Waals surface area contributed by atoms with Gasteiger partial charge in [0.1, 0.15) is 5.69 Å². The van der Waals surface area contributed by atoms with Gasteiger partial charge in [-0.3, -0.25) is 4.68 Å². The second-order valence-corrected chi connectivity index (χ2v) is 4.77. The lowest BCUT2D eigenvalue weighted by Crippen LogP contribution is -2.18. The molecule has 0 radical (unpaired) electrons. The van der Waals surface area contributed by atoms with Gasteiger partial charge < -0.3 is 0 Å². The van der Waals surface area contributed by atoms with Gasteiger partial charge in [-0.1, -0.05) is 5.92 Å². The Balaban J connectivity index is 2.77. The predicted molar refractivity (Wildman–Crippen MR) is 57.7 cm³/mol. The third-order valence-corrected chi connectivity index (χ3v) is 3.06. The van der Waals surface area contributed by atoms with Crippen LogP contribution in [0.5, 0.6) is 0 Å². The fraction of sp³-hybridized carbons (Fsp3) is 0.583. The summed E-state index contributed by atoms with van der Waals surface area (Å²) in [6, 6.07) is -0.604. The van der Waals surface area contributed by atoms with E-state index < -0.39 is 47.4 Å². The summed E-state index contributed by atoms with van der Waals surface area (Å²) in [6.07, 6.45) is -0.511. The van der Waals surface area contributed by atoms with E-state index in [4.69, 9.17) is 6.42 Å². The van der Waals surface area contributed by atoms with Crippen LogP contribution < -0.4 is 0 Å². The van der Waals surface area contributed by atoms with Crippen LogP contribution in [0.25, 0.3) is 0 Å². The van der Waals surface area contributed by atoms with E-state index in [9.17, 15) is 22.0 Å². The standard InChI is InChI=1S/C12H11F5N2/c1-4-7-5-11(13,14)10-8(7)9(12(15,16)17)18-19(10)6(2)3/h1,6-7H,5H2,2-3H3/t7-/m0/s1. The molecular formula is C12H11F5N2. The molecule has 0 fully saturated rings. The third kappa shape index (κ3) is 1.99.